The van der Waals surface area contributed by atoms with Gasteiger partial charge in [0.15, 0.2) is 9.84 Å². The lowest BCUT2D eigenvalue weighted by molar-refractivity contribution is -0.131. The Morgan fingerprint density at radius 1 is 1.39 bits per heavy atom. The van der Waals surface area contributed by atoms with Crippen molar-refractivity contribution in [1.82, 2.24) is 10.2 Å². The van der Waals surface area contributed by atoms with E-state index in [9.17, 15) is 22.7 Å². The molecule has 2 rings (SSSR count). The molecule has 1 fully saturated rings. The van der Waals surface area contributed by atoms with Crippen LogP contribution in [0.3, 0.4) is 0 Å². The van der Waals surface area contributed by atoms with Gasteiger partial charge in [-0.15, -0.1) is 0 Å². The van der Waals surface area contributed by atoms with Crippen LogP contribution in [0.2, 0.25) is 0 Å². The van der Waals surface area contributed by atoms with E-state index >= 15 is 0 Å². The minimum absolute atomic E-state index is 0.0191. The van der Waals surface area contributed by atoms with E-state index in [2.05, 4.69) is 5.32 Å². The van der Waals surface area contributed by atoms with Crippen LogP contribution < -0.4 is 5.32 Å². The van der Waals surface area contributed by atoms with Gasteiger partial charge in [0.2, 0.25) is 5.91 Å². The summed E-state index contributed by atoms with van der Waals surface area (Å²) in [5.74, 6) is -1.68. The summed E-state index contributed by atoms with van der Waals surface area (Å²) < 4.78 is 37.0. The summed E-state index contributed by atoms with van der Waals surface area (Å²) in [6, 6.07) is 4.57. The van der Waals surface area contributed by atoms with Gasteiger partial charge in [-0.25, -0.2) is 12.8 Å². The Labute approximate surface area is 135 Å². The zero-order valence-electron chi connectivity index (χ0n) is 12.9. The summed E-state index contributed by atoms with van der Waals surface area (Å²) in [6.45, 7) is 1.12. The van der Waals surface area contributed by atoms with Crippen LogP contribution in [0.25, 0.3) is 0 Å². The summed E-state index contributed by atoms with van der Waals surface area (Å²) in [5, 5.41) is 12.4. The third-order valence-electron chi connectivity index (χ3n) is 3.96. The van der Waals surface area contributed by atoms with Gasteiger partial charge in [0.25, 0.3) is 0 Å². The minimum Gasteiger partial charge on any atom is -0.392 e. The highest BCUT2D eigenvalue weighted by Crippen LogP contribution is 2.16. The molecule has 128 valence electrons. The molecule has 1 aliphatic heterocycles. The molecule has 6 nitrogen and oxygen atoms in total. The summed E-state index contributed by atoms with van der Waals surface area (Å²) in [4.78, 5) is 14.0. The molecule has 0 aromatic heterocycles. The highest BCUT2D eigenvalue weighted by atomic mass is 32.2. The second kappa shape index (κ2) is 7.37. The van der Waals surface area contributed by atoms with E-state index in [1.165, 1.54) is 12.1 Å². The molecule has 0 spiro atoms. The van der Waals surface area contributed by atoms with Gasteiger partial charge in [0.1, 0.15) is 5.82 Å². The number of hydrogen-bond donors (Lipinski definition) is 2. The molecule has 0 unspecified atom stereocenters. The molecule has 2 N–H and O–H groups in total. The Hall–Kier alpha value is -1.51. The lowest BCUT2D eigenvalue weighted by Gasteiger charge is -2.32. The standard InChI is InChI=1S/C15H21FN2O4S/c1-18-8-6-14(19)13(10-18)15(20)17-7-9-23(21,22)12-4-2-11(16)3-5-12/h2-5,13-14,19H,6-10H2,1H3,(H,17,20)/t13-,14+/m1/s1. The van der Waals surface area contributed by atoms with Crippen molar-refractivity contribution < 1.29 is 22.7 Å². The van der Waals surface area contributed by atoms with Gasteiger partial charge >= 0.3 is 0 Å². The molecule has 0 bridgehead atoms. The quantitative estimate of drug-likeness (QED) is 0.736. The number of aliphatic hydroxyl groups is 1. The van der Waals surface area contributed by atoms with Crippen LogP contribution in [0.4, 0.5) is 4.39 Å². The molecule has 8 heteroatoms. The average Bonchev–Trinajstić information content (AvgIpc) is 2.50. The maximum absolute atomic E-state index is 12.8. The Kier molecular flexibility index (Phi) is 5.72. The fourth-order valence-corrected chi connectivity index (χ4v) is 3.72. The number of halogens is 1. The molecule has 1 heterocycles. The highest BCUT2D eigenvalue weighted by Gasteiger charge is 2.31. The van der Waals surface area contributed by atoms with Crippen molar-refractivity contribution in [3.05, 3.63) is 30.1 Å². The number of piperidine rings is 1. The van der Waals surface area contributed by atoms with Crippen LogP contribution in [-0.4, -0.2) is 62.9 Å². The summed E-state index contributed by atoms with van der Waals surface area (Å²) in [6.07, 6.45) is -0.192. The molecule has 1 amide bonds. The molecule has 1 saturated heterocycles. The number of likely N-dealkylation sites (tertiary alicyclic amines) is 1. The zero-order valence-corrected chi connectivity index (χ0v) is 13.7. The number of carbonyl (C=O) groups is 1. The van der Waals surface area contributed by atoms with E-state index in [4.69, 9.17) is 0 Å². The molecule has 0 saturated carbocycles. The van der Waals surface area contributed by atoms with E-state index in [0.29, 0.717) is 13.0 Å². The van der Waals surface area contributed by atoms with E-state index in [1.807, 2.05) is 11.9 Å². The van der Waals surface area contributed by atoms with Crippen molar-refractivity contribution in [3.63, 3.8) is 0 Å². The maximum Gasteiger partial charge on any atom is 0.227 e. The number of nitrogens with one attached hydrogen (secondary N) is 1. The van der Waals surface area contributed by atoms with Gasteiger partial charge in [-0.2, -0.15) is 0 Å². The van der Waals surface area contributed by atoms with E-state index in [-0.39, 0.29) is 23.1 Å². The van der Waals surface area contributed by atoms with Crippen molar-refractivity contribution >= 4 is 15.7 Å². The van der Waals surface area contributed by atoms with E-state index < -0.39 is 27.7 Å². The number of hydrogen-bond acceptors (Lipinski definition) is 5. The third-order valence-corrected chi connectivity index (χ3v) is 5.69. The summed E-state index contributed by atoms with van der Waals surface area (Å²) >= 11 is 0. The Morgan fingerprint density at radius 2 is 2.04 bits per heavy atom. The number of benzene rings is 1. The molecule has 0 radical (unpaired) electrons. The predicted molar refractivity (Wildman–Crippen MR) is 83.1 cm³/mol. The first-order valence-corrected chi connectivity index (χ1v) is 9.07. The number of rotatable bonds is 5. The van der Waals surface area contributed by atoms with Gasteiger partial charge in [-0.1, -0.05) is 0 Å². The Balaban J connectivity index is 1.88. The SMILES string of the molecule is CN1CC[C@H](O)[C@H](C(=O)NCCS(=O)(=O)c2ccc(F)cc2)C1. The molecule has 2 atom stereocenters. The monoisotopic (exact) mass is 344 g/mol. The number of amides is 1. The van der Waals surface area contributed by atoms with Gasteiger partial charge in [0.05, 0.1) is 22.7 Å². The number of nitrogens with zero attached hydrogens (tertiary/aromatic N) is 1. The lowest BCUT2D eigenvalue weighted by atomic mass is 9.94. The van der Waals surface area contributed by atoms with Crippen molar-refractivity contribution in [3.8, 4) is 0 Å². The average molecular weight is 344 g/mol. The molecule has 1 aliphatic rings. The Morgan fingerprint density at radius 3 is 2.70 bits per heavy atom. The van der Waals surface area contributed by atoms with E-state index in [0.717, 1.165) is 18.7 Å². The summed E-state index contributed by atoms with van der Waals surface area (Å²) in [7, 11) is -1.72. The highest BCUT2D eigenvalue weighted by molar-refractivity contribution is 7.91. The molecule has 1 aromatic carbocycles. The van der Waals surface area contributed by atoms with E-state index in [1.54, 1.807) is 0 Å². The van der Waals surface area contributed by atoms with Crippen molar-refractivity contribution in [2.24, 2.45) is 5.92 Å². The van der Waals surface area contributed by atoms with Crippen molar-refractivity contribution in [1.29, 1.82) is 0 Å². The second-order valence-electron chi connectivity index (χ2n) is 5.79. The Bertz CT molecular complexity index is 648. The third kappa shape index (κ3) is 4.73. The normalized spacial score (nSPS) is 22.7. The van der Waals surface area contributed by atoms with Crippen molar-refractivity contribution in [2.75, 3.05) is 32.4 Å². The second-order valence-corrected chi connectivity index (χ2v) is 7.90. The molecular weight excluding hydrogens is 323 g/mol. The summed E-state index contributed by atoms with van der Waals surface area (Å²) in [5.41, 5.74) is 0. The van der Waals surface area contributed by atoms with Gasteiger partial charge in [-0.3, -0.25) is 4.79 Å². The molecule has 0 aliphatic carbocycles. The molecule has 23 heavy (non-hydrogen) atoms. The smallest absolute Gasteiger partial charge is 0.227 e. The first-order chi connectivity index (χ1) is 10.8. The predicted octanol–water partition coefficient (Wildman–Crippen LogP) is 0.0282. The van der Waals surface area contributed by atoms with Crippen LogP contribution in [0, 0.1) is 11.7 Å². The largest absolute Gasteiger partial charge is 0.392 e. The van der Waals surface area contributed by atoms with Crippen LogP contribution >= 0.6 is 0 Å². The fourth-order valence-electron chi connectivity index (χ4n) is 2.56. The van der Waals surface area contributed by atoms with Crippen LogP contribution in [0.1, 0.15) is 6.42 Å². The lowest BCUT2D eigenvalue weighted by Crippen LogP contribution is -2.49. The maximum atomic E-state index is 12.8. The fraction of sp³-hybridized carbons (Fsp3) is 0.533. The minimum atomic E-state index is -3.58. The van der Waals surface area contributed by atoms with Gasteiger partial charge in [0, 0.05) is 19.6 Å². The van der Waals surface area contributed by atoms with Crippen molar-refractivity contribution in [2.45, 2.75) is 17.4 Å². The zero-order chi connectivity index (χ0) is 17.0. The van der Waals surface area contributed by atoms with Gasteiger partial charge in [-0.05, 0) is 37.7 Å². The molecule has 1 aromatic rings. The number of sulfone groups is 1. The number of carbonyl (C=O) groups excluding carboxylic acids is 1. The van der Waals surface area contributed by atoms with Crippen LogP contribution in [0.5, 0.6) is 0 Å². The van der Waals surface area contributed by atoms with Crippen LogP contribution in [-0.2, 0) is 14.6 Å². The topological polar surface area (TPSA) is 86.7 Å². The number of aliphatic hydroxyl groups excluding tert-OH is 1. The van der Waals surface area contributed by atoms with Gasteiger partial charge < -0.3 is 15.3 Å². The first-order valence-electron chi connectivity index (χ1n) is 7.42. The first kappa shape index (κ1) is 17.8. The molecular formula is C15H21FN2O4S. The van der Waals surface area contributed by atoms with Crippen LogP contribution in [0.15, 0.2) is 29.2 Å².